The molecular weight excluding hydrogens is 100 g/mol. The van der Waals surface area contributed by atoms with E-state index in [0.29, 0.717) is 12.1 Å². The molecule has 0 aromatic rings. The van der Waals surface area contributed by atoms with Crippen LogP contribution in [-0.4, -0.2) is 24.5 Å². The summed E-state index contributed by atoms with van der Waals surface area (Å²) in [5.74, 6) is 0. The van der Waals surface area contributed by atoms with Gasteiger partial charge in [-0.25, -0.2) is 0 Å². The topological polar surface area (TPSA) is 24.7 Å². The first-order valence-corrected chi connectivity index (χ1v) is 3.02. The Bertz CT molecular complexity index is 131. The largest absolute Gasteiger partial charge is 0.286 e. The van der Waals surface area contributed by atoms with Crippen molar-refractivity contribution in [3.8, 4) is 0 Å². The van der Waals surface area contributed by atoms with Crippen LogP contribution in [0.3, 0.4) is 0 Å². The van der Waals surface area contributed by atoms with Crippen molar-refractivity contribution in [2.75, 3.05) is 0 Å². The molecule has 0 saturated heterocycles. The Morgan fingerprint density at radius 2 is 1.50 bits per heavy atom. The molecule has 0 N–H and O–H groups in total. The molecule has 0 spiro atoms. The number of rotatable bonds is 0. The Morgan fingerprint density at radius 1 is 1.00 bits per heavy atom. The quantitative estimate of drug-likeness (QED) is 0.436. The first-order valence-electron chi connectivity index (χ1n) is 3.02. The standard InChI is InChI=1S/C6H8N2/c1-2-6-5(1)7-3-4-8-6/h3-6H,1-2H2. The predicted molar refractivity (Wildman–Crippen MR) is 33.8 cm³/mol. The predicted octanol–water partition coefficient (Wildman–Crippen LogP) is 0.673. The highest BCUT2D eigenvalue weighted by Crippen LogP contribution is 2.26. The van der Waals surface area contributed by atoms with Crippen molar-refractivity contribution in [2.45, 2.75) is 24.9 Å². The van der Waals surface area contributed by atoms with Crippen LogP contribution in [-0.2, 0) is 0 Å². The number of hydrogen-bond donors (Lipinski definition) is 0. The molecule has 42 valence electrons. The molecule has 1 aliphatic heterocycles. The first-order chi connectivity index (χ1) is 3.97. The molecule has 2 aliphatic rings. The first kappa shape index (κ1) is 4.24. The number of nitrogens with zero attached hydrogens (tertiary/aromatic N) is 2. The fourth-order valence-electron chi connectivity index (χ4n) is 1.11. The number of hydrogen-bond acceptors (Lipinski definition) is 2. The van der Waals surface area contributed by atoms with Gasteiger partial charge in [0.1, 0.15) is 0 Å². The lowest BCUT2D eigenvalue weighted by molar-refractivity contribution is 0.351. The van der Waals surface area contributed by atoms with E-state index in [9.17, 15) is 0 Å². The van der Waals surface area contributed by atoms with Gasteiger partial charge in [0.05, 0.1) is 12.1 Å². The van der Waals surface area contributed by atoms with Gasteiger partial charge in [-0.2, -0.15) is 0 Å². The summed E-state index contributed by atoms with van der Waals surface area (Å²) >= 11 is 0. The van der Waals surface area contributed by atoms with E-state index in [2.05, 4.69) is 9.98 Å². The lowest BCUT2D eigenvalue weighted by atomic mass is 9.87. The van der Waals surface area contributed by atoms with Crippen LogP contribution < -0.4 is 0 Å². The summed E-state index contributed by atoms with van der Waals surface area (Å²) in [6, 6.07) is 1.11. The van der Waals surface area contributed by atoms with Gasteiger partial charge in [-0.3, -0.25) is 9.98 Å². The minimum Gasteiger partial charge on any atom is -0.286 e. The number of aliphatic imine (C=N–C) groups is 2. The van der Waals surface area contributed by atoms with E-state index >= 15 is 0 Å². The molecule has 1 heterocycles. The Balaban J connectivity index is 2.17. The van der Waals surface area contributed by atoms with Gasteiger partial charge in [0.25, 0.3) is 0 Å². The minimum absolute atomic E-state index is 0.556. The van der Waals surface area contributed by atoms with Crippen molar-refractivity contribution in [1.29, 1.82) is 0 Å². The maximum atomic E-state index is 4.22. The minimum atomic E-state index is 0.556. The molecule has 1 aliphatic carbocycles. The second-order valence-electron chi connectivity index (χ2n) is 2.31. The third-order valence-corrected chi connectivity index (χ3v) is 1.82. The molecular formula is C6H8N2. The molecule has 2 unspecified atom stereocenters. The van der Waals surface area contributed by atoms with Crippen molar-refractivity contribution in [1.82, 2.24) is 0 Å². The summed E-state index contributed by atoms with van der Waals surface area (Å²) in [5, 5.41) is 0. The zero-order valence-corrected chi connectivity index (χ0v) is 4.62. The molecule has 0 bridgehead atoms. The third-order valence-electron chi connectivity index (χ3n) is 1.82. The molecule has 2 nitrogen and oxygen atoms in total. The maximum absolute atomic E-state index is 4.22. The molecule has 8 heavy (non-hydrogen) atoms. The fraction of sp³-hybridized carbons (Fsp3) is 0.667. The van der Waals surface area contributed by atoms with Gasteiger partial charge in [-0.1, -0.05) is 0 Å². The van der Waals surface area contributed by atoms with E-state index in [1.54, 1.807) is 12.4 Å². The highest BCUT2D eigenvalue weighted by atomic mass is 15.0. The van der Waals surface area contributed by atoms with Gasteiger partial charge >= 0.3 is 0 Å². The van der Waals surface area contributed by atoms with Crippen molar-refractivity contribution in [3.63, 3.8) is 0 Å². The Kier molecular flexibility index (Phi) is 0.745. The average Bonchev–Trinajstić information content (AvgIpc) is 1.72. The second-order valence-corrected chi connectivity index (χ2v) is 2.31. The summed E-state index contributed by atoms with van der Waals surface area (Å²) < 4.78 is 0. The van der Waals surface area contributed by atoms with Crippen LogP contribution in [0, 0.1) is 0 Å². The van der Waals surface area contributed by atoms with Crippen molar-refractivity contribution in [3.05, 3.63) is 0 Å². The van der Waals surface area contributed by atoms with Crippen molar-refractivity contribution in [2.24, 2.45) is 9.98 Å². The fourth-order valence-corrected chi connectivity index (χ4v) is 1.11. The van der Waals surface area contributed by atoms with Gasteiger partial charge in [-0.15, -0.1) is 0 Å². The summed E-state index contributed by atoms with van der Waals surface area (Å²) in [4.78, 5) is 8.45. The number of fused-ring (bicyclic) bond motifs is 1. The Hall–Kier alpha value is -0.660. The monoisotopic (exact) mass is 108 g/mol. The van der Waals surface area contributed by atoms with E-state index in [4.69, 9.17) is 0 Å². The highest BCUT2D eigenvalue weighted by Gasteiger charge is 2.29. The van der Waals surface area contributed by atoms with Crippen LogP contribution in [0.5, 0.6) is 0 Å². The third kappa shape index (κ3) is 0.427. The Morgan fingerprint density at radius 3 is 1.75 bits per heavy atom. The van der Waals surface area contributed by atoms with Crippen LogP contribution in [0.1, 0.15) is 12.8 Å². The lowest BCUT2D eigenvalue weighted by Crippen LogP contribution is -2.35. The summed E-state index contributed by atoms with van der Waals surface area (Å²) in [6.45, 7) is 0. The molecule has 0 aromatic heterocycles. The van der Waals surface area contributed by atoms with Crippen LogP contribution in [0.15, 0.2) is 9.98 Å². The van der Waals surface area contributed by atoms with E-state index in [1.165, 1.54) is 12.8 Å². The molecule has 1 fully saturated rings. The normalized spacial score (nSPS) is 41.0. The van der Waals surface area contributed by atoms with Crippen LogP contribution >= 0.6 is 0 Å². The smallest absolute Gasteiger partial charge is 0.0724 e. The van der Waals surface area contributed by atoms with Crippen molar-refractivity contribution < 1.29 is 0 Å². The van der Waals surface area contributed by atoms with Crippen LogP contribution in [0.4, 0.5) is 0 Å². The van der Waals surface area contributed by atoms with E-state index < -0.39 is 0 Å². The molecule has 1 saturated carbocycles. The summed E-state index contributed by atoms with van der Waals surface area (Å²) in [5.41, 5.74) is 0. The summed E-state index contributed by atoms with van der Waals surface area (Å²) in [6.07, 6.45) is 6.11. The SMILES string of the molecule is C1=NC2CCC2N=C1. The average molecular weight is 108 g/mol. The van der Waals surface area contributed by atoms with E-state index in [1.807, 2.05) is 0 Å². The maximum Gasteiger partial charge on any atom is 0.0724 e. The zero-order valence-electron chi connectivity index (χ0n) is 4.62. The van der Waals surface area contributed by atoms with Gasteiger partial charge < -0.3 is 0 Å². The Labute approximate surface area is 48.3 Å². The molecule has 0 aromatic carbocycles. The zero-order chi connectivity index (χ0) is 5.40. The van der Waals surface area contributed by atoms with E-state index in [-0.39, 0.29) is 0 Å². The van der Waals surface area contributed by atoms with Gasteiger partial charge in [0.15, 0.2) is 0 Å². The highest BCUT2D eigenvalue weighted by molar-refractivity contribution is 6.16. The van der Waals surface area contributed by atoms with Crippen LogP contribution in [0.25, 0.3) is 0 Å². The molecule has 0 amide bonds. The van der Waals surface area contributed by atoms with Crippen LogP contribution in [0.2, 0.25) is 0 Å². The molecule has 2 rings (SSSR count). The second kappa shape index (κ2) is 1.41. The molecule has 0 radical (unpaired) electrons. The summed E-state index contributed by atoms with van der Waals surface area (Å²) in [7, 11) is 0. The molecule has 2 heteroatoms. The molecule has 2 atom stereocenters. The van der Waals surface area contributed by atoms with E-state index in [0.717, 1.165) is 0 Å². The van der Waals surface area contributed by atoms with Gasteiger partial charge in [0.2, 0.25) is 0 Å². The van der Waals surface area contributed by atoms with Crippen molar-refractivity contribution >= 4 is 12.4 Å². The lowest BCUT2D eigenvalue weighted by Gasteiger charge is -2.31. The van der Waals surface area contributed by atoms with Gasteiger partial charge in [-0.05, 0) is 12.8 Å². The van der Waals surface area contributed by atoms with Gasteiger partial charge in [0, 0.05) is 12.4 Å².